The number of alkyl halides is 1. The second-order valence-electron chi connectivity index (χ2n) is 3.68. The zero-order valence-corrected chi connectivity index (χ0v) is 10.6. The first-order valence-corrected chi connectivity index (χ1v) is 5.91. The molecule has 0 bridgehead atoms. The Morgan fingerprint density at radius 1 is 1.53 bits per heavy atom. The Balaban J connectivity index is 2.78. The summed E-state index contributed by atoms with van der Waals surface area (Å²) in [5.41, 5.74) is 0. The van der Waals surface area contributed by atoms with Gasteiger partial charge in [0.2, 0.25) is 0 Å². The zero-order chi connectivity index (χ0) is 11.6. The third kappa shape index (κ3) is 2.51. The smallest absolute Gasteiger partial charge is 0.320 e. The zero-order valence-electron chi connectivity index (χ0n) is 9.03. The van der Waals surface area contributed by atoms with E-state index in [-0.39, 0.29) is 23.8 Å². The van der Waals surface area contributed by atoms with E-state index in [1.54, 1.807) is 13.8 Å². The van der Waals surface area contributed by atoms with Gasteiger partial charge in [0.25, 0.3) is 0 Å². The topological polar surface area (TPSA) is 52.6 Å². The molecule has 0 amide bonds. The van der Waals surface area contributed by atoms with E-state index in [0.717, 1.165) is 0 Å². The molecule has 0 aromatic heterocycles. The van der Waals surface area contributed by atoms with Gasteiger partial charge in [-0.05, 0) is 19.8 Å². The van der Waals surface area contributed by atoms with E-state index in [4.69, 9.17) is 9.47 Å². The van der Waals surface area contributed by atoms with Crippen LogP contribution >= 0.6 is 15.9 Å². The van der Waals surface area contributed by atoms with Crippen molar-refractivity contribution in [3.63, 3.8) is 0 Å². The number of hydrogen-bond acceptors (Lipinski definition) is 4. The van der Waals surface area contributed by atoms with Gasteiger partial charge in [-0.25, -0.2) is 0 Å². The normalized spacial score (nSPS) is 35.9. The maximum Gasteiger partial charge on any atom is 0.320 e. The first-order valence-electron chi connectivity index (χ1n) is 5.00. The van der Waals surface area contributed by atoms with Gasteiger partial charge in [-0.15, -0.1) is 0 Å². The van der Waals surface area contributed by atoms with Crippen molar-refractivity contribution in [3.05, 3.63) is 0 Å². The quantitative estimate of drug-likeness (QED) is 0.568. The van der Waals surface area contributed by atoms with Crippen LogP contribution in [0.2, 0.25) is 0 Å². The number of cyclic esters (lactones) is 1. The molecule has 1 rings (SSSR count). The second-order valence-corrected chi connectivity index (χ2v) is 4.67. The Kier molecular flexibility index (Phi) is 4.13. The number of carbonyl (C=O) groups excluding carboxylic acids is 2. The summed E-state index contributed by atoms with van der Waals surface area (Å²) < 4.78 is 10.0. The predicted octanol–water partition coefficient (Wildman–Crippen LogP) is 1.51. The average Bonchev–Trinajstić information content (AvgIpc) is 2.15. The molecule has 0 aromatic rings. The molecule has 0 spiro atoms. The summed E-state index contributed by atoms with van der Waals surface area (Å²) in [7, 11) is 0. The monoisotopic (exact) mass is 278 g/mol. The fourth-order valence-electron chi connectivity index (χ4n) is 1.79. The summed E-state index contributed by atoms with van der Waals surface area (Å²) in [6.45, 7) is 5.66. The molecule has 5 heteroatoms. The van der Waals surface area contributed by atoms with Gasteiger partial charge in [0.1, 0.15) is 10.9 Å². The number of ether oxygens (including phenoxy) is 2. The standard InChI is InChI=1S/C10H15BrO4/c1-4-14-9(12)7-5(2)8(11)10(13)15-6(7)3/h5-8H,4H2,1-3H3. The molecule has 0 radical (unpaired) electrons. The Morgan fingerprint density at radius 3 is 2.67 bits per heavy atom. The van der Waals surface area contributed by atoms with Gasteiger partial charge in [-0.1, -0.05) is 22.9 Å². The van der Waals surface area contributed by atoms with Crippen LogP contribution in [0.5, 0.6) is 0 Å². The predicted molar refractivity (Wildman–Crippen MR) is 57.6 cm³/mol. The van der Waals surface area contributed by atoms with Crippen LogP contribution in [-0.4, -0.2) is 29.5 Å². The molecule has 0 N–H and O–H groups in total. The lowest BCUT2D eigenvalue weighted by Crippen LogP contribution is -2.47. The summed E-state index contributed by atoms with van der Waals surface area (Å²) in [6.07, 6.45) is -0.416. The van der Waals surface area contributed by atoms with Crippen LogP contribution < -0.4 is 0 Å². The largest absolute Gasteiger partial charge is 0.466 e. The number of carbonyl (C=O) groups is 2. The minimum Gasteiger partial charge on any atom is -0.466 e. The van der Waals surface area contributed by atoms with Crippen LogP contribution in [0.1, 0.15) is 20.8 Å². The summed E-state index contributed by atoms with van der Waals surface area (Å²) >= 11 is 3.22. The van der Waals surface area contributed by atoms with Crippen LogP contribution in [0.3, 0.4) is 0 Å². The fraction of sp³-hybridized carbons (Fsp3) is 0.800. The van der Waals surface area contributed by atoms with Crippen molar-refractivity contribution >= 4 is 27.9 Å². The highest BCUT2D eigenvalue weighted by Crippen LogP contribution is 2.32. The maximum atomic E-state index is 11.6. The molecular weight excluding hydrogens is 264 g/mol. The molecule has 0 aliphatic carbocycles. The van der Waals surface area contributed by atoms with Gasteiger partial charge in [0.15, 0.2) is 0 Å². The van der Waals surface area contributed by atoms with Crippen LogP contribution in [-0.2, 0) is 19.1 Å². The molecule has 1 fully saturated rings. The van der Waals surface area contributed by atoms with Crippen molar-refractivity contribution in [2.75, 3.05) is 6.61 Å². The van der Waals surface area contributed by atoms with E-state index < -0.39 is 10.9 Å². The van der Waals surface area contributed by atoms with Gasteiger partial charge >= 0.3 is 11.9 Å². The van der Waals surface area contributed by atoms with Gasteiger partial charge in [0.05, 0.1) is 12.5 Å². The van der Waals surface area contributed by atoms with Crippen molar-refractivity contribution in [2.45, 2.75) is 31.7 Å². The third-order valence-corrected chi connectivity index (χ3v) is 3.83. The summed E-state index contributed by atoms with van der Waals surface area (Å²) in [6, 6.07) is 0. The van der Waals surface area contributed by atoms with Crippen molar-refractivity contribution in [1.82, 2.24) is 0 Å². The van der Waals surface area contributed by atoms with E-state index in [0.29, 0.717) is 6.61 Å². The van der Waals surface area contributed by atoms with Crippen molar-refractivity contribution in [3.8, 4) is 0 Å². The van der Waals surface area contributed by atoms with Gasteiger partial charge < -0.3 is 9.47 Å². The van der Waals surface area contributed by atoms with E-state index in [9.17, 15) is 9.59 Å². The van der Waals surface area contributed by atoms with Crippen molar-refractivity contribution in [1.29, 1.82) is 0 Å². The minimum atomic E-state index is -0.428. The van der Waals surface area contributed by atoms with Gasteiger partial charge in [-0.3, -0.25) is 9.59 Å². The lowest BCUT2D eigenvalue weighted by Gasteiger charge is -2.34. The number of halogens is 1. The van der Waals surface area contributed by atoms with Crippen LogP contribution in [0, 0.1) is 11.8 Å². The summed E-state index contributed by atoms with van der Waals surface area (Å²) in [4.78, 5) is 22.5. The summed E-state index contributed by atoms with van der Waals surface area (Å²) in [5, 5.41) is 0. The molecule has 86 valence electrons. The highest BCUT2D eigenvalue weighted by molar-refractivity contribution is 9.10. The molecular formula is C10H15BrO4. The lowest BCUT2D eigenvalue weighted by molar-refractivity contribution is -0.171. The Hall–Kier alpha value is -0.580. The molecule has 1 aliphatic rings. The third-order valence-electron chi connectivity index (χ3n) is 2.62. The highest BCUT2D eigenvalue weighted by Gasteiger charge is 2.44. The maximum absolute atomic E-state index is 11.6. The number of hydrogen-bond donors (Lipinski definition) is 0. The summed E-state index contributed by atoms with van der Waals surface area (Å²) in [5.74, 6) is -1.10. The fourth-order valence-corrected chi connectivity index (χ4v) is 2.23. The van der Waals surface area contributed by atoms with E-state index in [1.807, 2.05) is 6.92 Å². The highest BCUT2D eigenvalue weighted by atomic mass is 79.9. The molecule has 0 aromatic carbocycles. The molecule has 1 saturated heterocycles. The van der Waals surface area contributed by atoms with Crippen LogP contribution in [0.15, 0.2) is 0 Å². The second kappa shape index (κ2) is 4.96. The Labute approximate surface area is 97.4 Å². The van der Waals surface area contributed by atoms with E-state index in [2.05, 4.69) is 15.9 Å². The molecule has 1 aliphatic heterocycles. The number of esters is 2. The van der Waals surface area contributed by atoms with E-state index >= 15 is 0 Å². The molecule has 15 heavy (non-hydrogen) atoms. The Bertz CT molecular complexity index is 266. The molecule has 4 atom stereocenters. The first-order chi connectivity index (χ1) is 6.99. The van der Waals surface area contributed by atoms with Crippen molar-refractivity contribution < 1.29 is 19.1 Å². The van der Waals surface area contributed by atoms with Gasteiger partial charge in [-0.2, -0.15) is 0 Å². The van der Waals surface area contributed by atoms with Crippen molar-refractivity contribution in [2.24, 2.45) is 11.8 Å². The van der Waals surface area contributed by atoms with Crippen LogP contribution in [0.4, 0.5) is 0 Å². The molecule has 4 nitrogen and oxygen atoms in total. The van der Waals surface area contributed by atoms with Crippen LogP contribution in [0.25, 0.3) is 0 Å². The number of rotatable bonds is 2. The molecule has 0 saturated carbocycles. The first kappa shape index (κ1) is 12.5. The molecule has 4 unspecified atom stereocenters. The molecule has 1 heterocycles. The minimum absolute atomic E-state index is 0.111. The average molecular weight is 279 g/mol. The lowest BCUT2D eigenvalue weighted by atomic mass is 9.85. The SMILES string of the molecule is CCOC(=O)C1C(C)OC(=O)C(Br)C1C. The Morgan fingerprint density at radius 2 is 2.13 bits per heavy atom. The van der Waals surface area contributed by atoms with E-state index in [1.165, 1.54) is 0 Å². The van der Waals surface area contributed by atoms with Gasteiger partial charge in [0, 0.05) is 0 Å².